The molecule has 1 aromatic rings. The van der Waals surface area contributed by atoms with Gasteiger partial charge in [0.25, 0.3) is 5.69 Å². The van der Waals surface area contributed by atoms with Gasteiger partial charge < -0.3 is 5.32 Å². The molecule has 0 amide bonds. The van der Waals surface area contributed by atoms with Crippen molar-refractivity contribution < 1.29 is 9.85 Å². The Balaban J connectivity index is 3.57. The largest absolute Gasteiger partial charge is 0.339 e. The first-order valence-electron chi connectivity index (χ1n) is 5.19. The smallest absolute Gasteiger partial charge is 0.300 e. The second-order valence-corrected chi connectivity index (χ2v) is 4.40. The standard InChI is InChI=1S/C11H3BrN6O4/c12-8-1-7(17(19)20)2-10(18(21)22)11(8)16-9(5-15)6(3-13)4-14/h1-2,16H. The summed E-state index contributed by atoms with van der Waals surface area (Å²) in [6.07, 6.45) is 0. The van der Waals surface area contributed by atoms with Gasteiger partial charge in [0, 0.05) is 6.07 Å². The van der Waals surface area contributed by atoms with E-state index >= 15 is 0 Å². The van der Waals surface area contributed by atoms with Gasteiger partial charge in [-0.25, -0.2) is 0 Å². The fourth-order valence-corrected chi connectivity index (χ4v) is 1.90. The molecule has 1 N–H and O–H groups in total. The van der Waals surface area contributed by atoms with Crippen LogP contribution in [0.4, 0.5) is 17.1 Å². The van der Waals surface area contributed by atoms with E-state index in [9.17, 15) is 20.2 Å². The highest BCUT2D eigenvalue weighted by atomic mass is 79.9. The number of nitrogens with one attached hydrogen (secondary N) is 1. The summed E-state index contributed by atoms with van der Waals surface area (Å²) in [5, 5.41) is 50.4. The van der Waals surface area contributed by atoms with E-state index in [0.717, 1.165) is 6.07 Å². The Bertz CT molecular complexity index is 811. The lowest BCUT2D eigenvalue weighted by Crippen LogP contribution is -2.05. The molecule has 0 aliphatic heterocycles. The highest BCUT2D eigenvalue weighted by Gasteiger charge is 2.24. The van der Waals surface area contributed by atoms with Crippen molar-refractivity contribution in [3.63, 3.8) is 0 Å². The number of halogens is 1. The first-order chi connectivity index (χ1) is 10.3. The first-order valence-corrected chi connectivity index (χ1v) is 5.99. The van der Waals surface area contributed by atoms with Crippen molar-refractivity contribution in [3.8, 4) is 18.2 Å². The van der Waals surface area contributed by atoms with Crippen LogP contribution in [0.15, 0.2) is 27.9 Å². The van der Waals surface area contributed by atoms with Crippen LogP contribution in [0.1, 0.15) is 0 Å². The molecule has 22 heavy (non-hydrogen) atoms. The maximum Gasteiger partial charge on any atom is 0.300 e. The number of non-ortho nitro benzene ring substituents is 1. The van der Waals surface area contributed by atoms with Crippen LogP contribution in [-0.2, 0) is 0 Å². The number of hydrogen-bond acceptors (Lipinski definition) is 8. The van der Waals surface area contributed by atoms with Crippen LogP contribution in [0.5, 0.6) is 0 Å². The van der Waals surface area contributed by atoms with Gasteiger partial charge in [-0.2, -0.15) is 15.8 Å². The van der Waals surface area contributed by atoms with Gasteiger partial charge in [-0.05, 0) is 15.9 Å². The summed E-state index contributed by atoms with van der Waals surface area (Å²) in [7, 11) is 0. The van der Waals surface area contributed by atoms with Gasteiger partial charge >= 0.3 is 5.69 Å². The van der Waals surface area contributed by atoms with Crippen LogP contribution in [0.25, 0.3) is 0 Å². The molecule has 0 aliphatic carbocycles. The van der Waals surface area contributed by atoms with E-state index in [4.69, 9.17) is 15.8 Å². The number of benzene rings is 1. The number of nitro benzene ring substituents is 2. The van der Waals surface area contributed by atoms with Crippen LogP contribution < -0.4 is 5.32 Å². The number of hydrogen-bond donors (Lipinski definition) is 1. The van der Waals surface area contributed by atoms with Gasteiger partial charge in [0.1, 0.15) is 29.6 Å². The molecular formula is C11H3BrN6O4. The third-order valence-electron chi connectivity index (χ3n) is 2.30. The molecule has 1 rings (SSSR count). The van der Waals surface area contributed by atoms with Crippen molar-refractivity contribution in [2.24, 2.45) is 0 Å². The normalized spacial score (nSPS) is 8.82. The van der Waals surface area contributed by atoms with Gasteiger partial charge in [0.15, 0.2) is 5.57 Å². The summed E-state index contributed by atoms with van der Waals surface area (Å²) in [5.74, 6) is 0. The molecular weight excluding hydrogens is 360 g/mol. The Morgan fingerprint density at radius 3 is 2.09 bits per heavy atom. The number of allylic oxidation sites excluding steroid dienone is 2. The Labute approximate surface area is 130 Å². The summed E-state index contributed by atoms with van der Waals surface area (Å²) in [4.78, 5) is 20.0. The van der Waals surface area contributed by atoms with Crippen LogP contribution in [0, 0.1) is 54.2 Å². The lowest BCUT2D eigenvalue weighted by atomic mass is 10.2. The zero-order chi connectivity index (χ0) is 16.9. The summed E-state index contributed by atoms with van der Waals surface area (Å²) in [5.41, 5.74) is -2.60. The predicted molar refractivity (Wildman–Crippen MR) is 74.9 cm³/mol. The maximum atomic E-state index is 11.0. The van der Waals surface area contributed by atoms with Crippen LogP contribution >= 0.6 is 15.9 Å². The molecule has 0 spiro atoms. The lowest BCUT2D eigenvalue weighted by Gasteiger charge is -2.08. The lowest BCUT2D eigenvalue weighted by molar-refractivity contribution is -0.393. The van der Waals surface area contributed by atoms with E-state index in [2.05, 4.69) is 21.2 Å². The van der Waals surface area contributed by atoms with Gasteiger partial charge in [-0.1, -0.05) is 0 Å². The van der Waals surface area contributed by atoms with E-state index in [1.54, 1.807) is 0 Å². The molecule has 0 saturated carbocycles. The average molecular weight is 363 g/mol. The van der Waals surface area contributed by atoms with E-state index in [-0.39, 0.29) is 10.2 Å². The zero-order valence-corrected chi connectivity index (χ0v) is 12.0. The molecule has 0 aliphatic rings. The third-order valence-corrected chi connectivity index (χ3v) is 2.92. The van der Waals surface area contributed by atoms with Crippen LogP contribution in [0.2, 0.25) is 0 Å². The average Bonchev–Trinajstić information content (AvgIpc) is 2.47. The molecule has 0 saturated heterocycles. The molecule has 0 aromatic heterocycles. The molecule has 0 heterocycles. The van der Waals surface area contributed by atoms with Crippen molar-refractivity contribution in [1.29, 1.82) is 15.8 Å². The number of nitro groups is 2. The van der Waals surface area contributed by atoms with Crippen molar-refractivity contribution in [1.82, 2.24) is 0 Å². The van der Waals surface area contributed by atoms with Crippen molar-refractivity contribution in [2.45, 2.75) is 0 Å². The SMILES string of the molecule is N#CC(C#N)=C(C#N)Nc1c(Br)cc([N+](=O)[O-])cc1[N+](=O)[O-]. The number of nitrogens with zero attached hydrogens (tertiary/aromatic N) is 5. The summed E-state index contributed by atoms with van der Waals surface area (Å²) in [6, 6.07) is 6.13. The van der Waals surface area contributed by atoms with Crippen molar-refractivity contribution in [2.75, 3.05) is 5.32 Å². The fraction of sp³-hybridized carbons (Fsp3) is 0. The minimum Gasteiger partial charge on any atom is -0.339 e. The predicted octanol–water partition coefficient (Wildman–Crippen LogP) is 2.50. The van der Waals surface area contributed by atoms with Crippen LogP contribution in [-0.4, -0.2) is 9.85 Å². The molecule has 11 heteroatoms. The van der Waals surface area contributed by atoms with Gasteiger partial charge in [0.2, 0.25) is 0 Å². The minimum absolute atomic E-state index is 0.0728. The summed E-state index contributed by atoms with van der Waals surface area (Å²) < 4.78 is -0.0728. The highest BCUT2D eigenvalue weighted by Crippen LogP contribution is 2.37. The maximum absolute atomic E-state index is 11.0. The Hall–Kier alpha value is -3.49. The Morgan fingerprint density at radius 2 is 1.68 bits per heavy atom. The van der Waals surface area contributed by atoms with Gasteiger partial charge in [0.05, 0.1) is 20.4 Å². The first kappa shape index (κ1) is 16.6. The topological polar surface area (TPSA) is 170 Å². The zero-order valence-electron chi connectivity index (χ0n) is 10.4. The van der Waals surface area contributed by atoms with E-state index in [1.165, 1.54) is 18.2 Å². The molecule has 0 atom stereocenters. The molecule has 0 bridgehead atoms. The molecule has 0 fully saturated rings. The van der Waals surface area contributed by atoms with E-state index < -0.39 is 32.5 Å². The molecule has 10 nitrogen and oxygen atoms in total. The molecule has 108 valence electrons. The molecule has 1 aromatic carbocycles. The summed E-state index contributed by atoms with van der Waals surface area (Å²) >= 11 is 2.92. The van der Waals surface area contributed by atoms with E-state index in [0.29, 0.717) is 6.07 Å². The quantitative estimate of drug-likeness (QED) is 0.483. The Kier molecular flexibility index (Phi) is 5.11. The highest BCUT2D eigenvalue weighted by molar-refractivity contribution is 9.10. The van der Waals surface area contributed by atoms with E-state index in [1.807, 2.05) is 0 Å². The van der Waals surface area contributed by atoms with Gasteiger partial charge in [-0.15, -0.1) is 0 Å². The third kappa shape index (κ3) is 3.33. The number of nitriles is 3. The molecule has 0 radical (unpaired) electrons. The van der Waals surface area contributed by atoms with Gasteiger partial charge in [-0.3, -0.25) is 20.2 Å². The van der Waals surface area contributed by atoms with Crippen molar-refractivity contribution >= 4 is 33.0 Å². The number of anilines is 1. The second-order valence-electron chi connectivity index (χ2n) is 3.55. The monoisotopic (exact) mass is 362 g/mol. The molecule has 0 unspecified atom stereocenters. The Morgan fingerprint density at radius 1 is 1.09 bits per heavy atom. The van der Waals surface area contributed by atoms with Crippen molar-refractivity contribution in [3.05, 3.63) is 48.1 Å². The second kappa shape index (κ2) is 6.79. The minimum atomic E-state index is -0.895. The van der Waals surface area contributed by atoms with Crippen LogP contribution in [0.3, 0.4) is 0 Å². The summed E-state index contributed by atoms with van der Waals surface area (Å²) in [6.45, 7) is 0. The number of rotatable bonds is 4. The fourth-order valence-electron chi connectivity index (χ4n) is 1.36.